The number of carboxylic acid groups (broad SMARTS) is 1. The summed E-state index contributed by atoms with van der Waals surface area (Å²) in [5, 5.41) is 9.60. The maximum atomic E-state index is 11.7. The van der Waals surface area contributed by atoms with Crippen molar-refractivity contribution in [1.82, 2.24) is 4.90 Å². The third-order valence-electron chi connectivity index (χ3n) is 5.28. The van der Waals surface area contributed by atoms with Gasteiger partial charge in [-0.3, -0.25) is 9.69 Å². The standard InChI is InChI=1S/C17H31NO3/c1-16(2,3)12-6-7-13(15(19)20)14(10-12)18-8-9-21-17(4,5)11-18/h12-14H,6-11H2,1-5H3,(H,19,20). The number of carbonyl (C=O) groups is 1. The molecule has 0 aromatic heterocycles. The van der Waals surface area contributed by atoms with Gasteiger partial charge in [-0.05, 0) is 44.4 Å². The first-order valence-electron chi connectivity index (χ1n) is 8.21. The lowest BCUT2D eigenvalue weighted by Gasteiger charge is -2.48. The molecule has 1 saturated carbocycles. The molecule has 0 bridgehead atoms. The molecule has 2 fully saturated rings. The van der Waals surface area contributed by atoms with Crippen molar-refractivity contribution in [3.63, 3.8) is 0 Å². The molecule has 2 aliphatic rings. The van der Waals surface area contributed by atoms with Gasteiger partial charge >= 0.3 is 5.97 Å². The third-order valence-corrected chi connectivity index (χ3v) is 5.28. The van der Waals surface area contributed by atoms with Gasteiger partial charge in [0.25, 0.3) is 0 Å². The quantitative estimate of drug-likeness (QED) is 0.851. The highest BCUT2D eigenvalue weighted by Crippen LogP contribution is 2.42. The van der Waals surface area contributed by atoms with E-state index in [1.165, 1.54) is 0 Å². The summed E-state index contributed by atoms with van der Waals surface area (Å²) in [5.41, 5.74) is 0.0828. The zero-order valence-corrected chi connectivity index (χ0v) is 14.2. The average molecular weight is 297 g/mol. The molecule has 0 aromatic rings. The second-order valence-electron chi connectivity index (χ2n) is 8.47. The summed E-state index contributed by atoms with van der Waals surface area (Å²) < 4.78 is 5.79. The fourth-order valence-corrected chi connectivity index (χ4v) is 3.96. The Morgan fingerprint density at radius 1 is 1.29 bits per heavy atom. The van der Waals surface area contributed by atoms with Crippen LogP contribution in [0.2, 0.25) is 0 Å². The molecule has 4 nitrogen and oxygen atoms in total. The molecule has 2 rings (SSSR count). The van der Waals surface area contributed by atoms with E-state index in [4.69, 9.17) is 4.74 Å². The van der Waals surface area contributed by atoms with E-state index in [9.17, 15) is 9.90 Å². The first-order valence-corrected chi connectivity index (χ1v) is 8.21. The molecule has 1 aliphatic carbocycles. The van der Waals surface area contributed by atoms with Crippen LogP contribution < -0.4 is 0 Å². The molecular formula is C17H31NO3. The Morgan fingerprint density at radius 2 is 1.95 bits per heavy atom. The zero-order chi connectivity index (χ0) is 15.8. The molecule has 1 N–H and O–H groups in total. The summed E-state index contributed by atoms with van der Waals surface area (Å²) in [5.74, 6) is -0.252. The fraction of sp³-hybridized carbons (Fsp3) is 0.941. The lowest BCUT2D eigenvalue weighted by atomic mass is 9.67. The molecule has 1 aliphatic heterocycles. The van der Waals surface area contributed by atoms with Crippen molar-refractivity contribution in [2.45, 2.75) is 65.5 Å². The van der Waals surface area contributed by atoms with Crippen molar-refractivity contribution >= 4 is 5.97 Å². The summed E-state index contributed by atoms with van der Waals surface area (Å²) in [6.07, 6.45) is 2.83. The molecule has 0 aromatic carbocycles. The van der Waals surface area contributed by atoms with Crippen LogP contribution in [0, 0.1) is 17.3 Å². The first-order chi connectivity index (χ1) is 9.60. The smallest absolute Gasteiger partial charge is 0.308 e. The molecule has 0 amide bonds. The fourth-order valence-electron chi connectivity index (χ4n) is 3.96. The molecule has 3 atom stereocenters. The number of aliphatic carboxylic acids is 1. The van der Waals surface area contributed by atoms with E-state index in [-0.39, 0.29) is 23.0 Å². The van der Waals surface area contributed by atoms with Crippen molar-refractivity contribution in [3.8, 4) is 0 Å². The van der Waals surface area contributed by atoms with Crippen LogP contribution in [0.5, 0.6) is 0 Å². The van der Waals surface area contributed by atoms with Crippen molar-refractivity contribution in [1.29, 1.82) is 0 Å². The highest BCUT2D eigenvalue weighted by molar-refractivity contribution is 5.71. The third kappa shape index (κ3) is 3.98. The van der Waals surface area contributed by atoms with Gasteiger partial charge in [0, 0.05) is 19.1 Å². The summed E-state index contributed by atoms with van der Waals surface area (Å²) in [6.45, 7) is 13.4. The van der Waals surface area contributed by atoms with Gasteiger partial charge in [0.2, 0.25) is 0 Å². The largest absolute Gasteiger partial charge is 0.481 e. The first kappa shape index (κ1) is 16.8. The van der Waals surface area contributed by atoms with Crippen molar-refractivity contribution in [3.05, 3.63) is 0 Å². The van der Waals surface area contributed by atoms with E-state index < -0.39 is 5.97 Å². The molecule has 21 heavy (non-hydrogen) atoms. The molecule has 1 heterocycles. The molecule has 3 unspecified atom stereocenters. The molecule has 0 radical (unpaired) electrons. The van der Waals surface area contributed by atoms with Crippen LogP contribution in [-0.4, -0.2) is 47.3 Å². The van der Waals surface area contributed by atoms with Gasteiger partial charge in [-0.25, -0.2) is 0 Å². The van der Waals surface area contributed by atoms with Crippen LogP contribution in [-0.2, 0) is 9.53 Å². The van der Waals surface area contributed by atoms with E-state index in [0.717, 1.165) is 32.4 Å². The summed E-state index contributed by atoms with van der Waals surface area (Å²) in [6, 6.07) is 0.156. The minimum atomic E-state index is -0.628. The van der Waals surface area contributed by atoms with E-state index in [0.29, 0.717) is 12.5 Å². The molecule has 4 heteroatoms. The second-order valence-corrected chi connectivity index (χ2v) is 8.47. The van der Waals surface area contributed by atoms with Crippen molar-refractivity contribution < 1.29 is 14.6 Å². The van der Waals surface area contributed by atoms with Gasteiger partial charge in [0.15, 0.2) is 0 Å². The molecule has 1 saturated heterocycles. The van der Waals surface area contributed by atoms with E-state index >= 15 is 0 Å². The number of hydrogen-bond acceptors (Lipinski definition) is 3. The van der Waals surface area contributed by atoms with E-state index in [1.54, 1.807) is 0 Å². The monoisotopic (exact) mass is 297 g/mol. The molecule has 0 spiro atoms. The van der Waals surface area contributed by atoms with Gasteiger partial charge in [-0.2, -0.15) is 0 Å². The Balaban J connectivity index is 2.16. The predicted octanol–water partition coefficient (Wildman–Crippen LogP) is 3.01. The van der Waals surface area contributed by atoms with Crippen LogP contribution in [0.1, 0.15) is 53.9 Å². The predicted molar refractivity (Wildman–Crippen MR) is 83.3 cm³/mol. The Bertz CT molecular complexity index is 383. The topological polar surface area (TPSA) is 49.8 Å². The number of carboxylic acids is 1. The highest BCUT2D eigenvalue weighted by atomic mass is 16.5. The van der Waals surface area contributed by atoms with E-state index in [2.05, 4.69) is 39.5 Å². The van der Waals surface area contributed by atoms with Crippen molar-refractivity contribution in [2.75, 3.05) is 19.7 Å². The van der Waals surface area contributed by atoms with Crippen LogP contribution in [0.25, 0.3) is 0 Å². The molecular weight excluding hydrogens is 266 g/mol. The SMILES string of the molecule is CC1(C)CN(C2CC(C(C)(C)C)CCC2C(=O)O)CCO1. The van der Waals surface area contributed by atoms with Crippen LogP contribution in [0.15, 0.2) is 0 Å². The van der Waals surface area contributed by atoms with Gasteiger partial charge in [-0.1, -0.05) is 20.8 Å². The maximum absolute atomic E-state index is 11.7. The minimum Gasteiger partial charge on any atom is -0.481 e. The summed E-state index contributed by atoms with van der Waals surface area (Å²) in [4.78, 5) is 14.0. The number of ether oxygens (including phenoxy) is 1. The number of hydrogen-bond donors (Lipinski definition) is 1. The normalized spacial score (nSPS) is 34.6. The molecule has 122 valence electrons. The second kappa shape index (κ2) is 5.88. The Labute approximate surface area is 128 Å². The maximum Gasteiger partial charge on any atom is 0.308 e. The van der Waals surface area contributed by atoms with Gasteiger partial charge < -0.3 is 9.84 Å². The lowest BCUT2D eigenvalue weighted by Crippen LogP contribution is -2.57. The van der Waals surface area contributed by atoms with Crippen LogP contribution in [0.3, 0.4) is 0 Å². The van der Waals surface area contributed by atoms with Gasteiger partial charge in [0.05, 0.1) is 18.1 Å². The summed E-state index contributed by atoms with van der Waals surface area (Å²) in [7, 11) is 0. The van der Waals surface area contributed by atoms with Gasteiger partial charge in [0.1, 0.15) is 0 Å². The highest BCUT2D eigenvalue weighted by Gasteiger charge is 2.43. The van der Waals surface area contributed by atoms with Crippen LogP contribution in [0.4, 0.5) is 0 Å². The van der Waals surface area contributed by atoms with Crippen molar-refractivity contribution in [2.24, 2.45) is 17.3 Å². The Morgan fingerprint density at radius 3 is 2.48 bits per heavy atom. The number of nitrogens with zero attached hydrogens (tertiary/aromatic N) is 1. The summed E-state index contributed by atoms with van der Waals surface area (Å²) >= 11 is 0. The Hall–Kier alpha value is -0.610. The average Bonchev–Trinajstić information content (AvgIpc) is 2.35. The lowest BCUT2D eigenvalue weighted by molar-refractivity contribution is -0.152. The minimum absolute atomic E-state index is 0.156. The van der Waals surface area contributed by atoms with Crippen LogP contribution >= 0.6 is 0 Å². The Kier molecular flexibility index (Phi) is 4.69. The van der Waals surface area contributed by atoms with E-state index in [1.807, 2.05) is 0 Å². The number of rotatable bonds is 2. The van der Waals surface area contributed by atoms with Gasteiger partial charge in [-0.15, -0.1) is 0 Å². The zero-order valence-electron chi connectivity index (χ0n) is 14.2. The number of morpholine rings is 1.